The second-order valence-corrected chi connectivity index (χ2v) is 8.03. The molecular weight excluding hydrogens is 410 g/mol. The van der Waals surface area contributed by atoms with Crippen molar-refractivity contribution >= 4 is 34.9 Å². The van der Waals surface area contributed by atoms with Gasteiger partial charge in [-0.3, -0.25) is 4.79 Å². The second-order valence-electron chi connectivity index (χ2n) is 8.03. The van der Waals surface area contributed by atoms with Crippen molar-refractivity contribution in [3.63, 3.8) is 0 Å². The normalized spacial score (nSPS) is 19.9. The molecule has 5 rings (SSSR count). The lowest BCUT2D eigenvalue weighted by Gasteiger charge is -2.33. The Balaban J connectivity index is 1.61. The van der Waals surface area contributed by atoms with Gasteiger partial charge in [-0.2, -0.15) is 5.10 Å². The number of hydrogen-bond acceptors (Lipinski definition) is 7. The topological polar surface area (TPSA) is 114 Å². The molecule has 10 nitrogen and oxygen atoms in total. The largest absolute Gasteiger partial charge is 0.371 e. The molecule has 2 bridgehead atoms. The Kier molecular flexibility index (Phi) is 5.22. The Morgan fingerprint density at radius 1 is 1.19 bits per heavy atom. The zero-order chi connectivity index (χ0) is 22.2. The minimum Gasteiger partial charge on any atom is -0.371 e. The third-order valence-electron chi connectivity index (χ3n) is 5.98. The number of nitrogens with zero attached hydrogens (tertiary/aromatic N) is 5. The summed E-state index contributed by atoms with van der Waals surface area (Å²) in [6.45, 7) is 4.01. The summed E-state index contributed by atoms with van der Waals surface area (Å²) in [4.78, 5) is 35.3. The predicted molar refractivity (Wildman–Crippen MR) is 120 cm³/mol. The lowest BCUT2D eigenvalue weighted by molar-refractivity contribution is 0.0303. The fraction of sp³-hybridized carbons (Fsp3) is 0.409. The van der Waals surface area contributed by atoms with E-state index >= 15 is 0 Å². The molecule has 2 atom stereocenters. The number of carbonyl (C=O) groups is 2. The number of fused-ring (bicyclic) bond motifs is 3. The lowest BCUT2D eigenvalue weighted by atomic mass is 10.1. The average Bonchev–Trinajstić information content (AvgIpc) is 3.37. The van der Waals surface area contributed by atoms with Crippen LogP contribution in [0.15, 0.2) is 24.3 Å². The van der Waals surface area contributed by atoms with Crippen LogP contribution in [0.5, 0.6) is 0 Å². The molecule has 2 saturated heterocycles. The number of amides is 2. The van der Waals surface area contributed by atoms with Crippen LogP contribution in [0, 0.1) is 0 Å². The number of carbonyl (C=O) groups excluding carboxylic acids is 2. The molecule has 0 spiro atoms. The zero-order valence-corrected chi connectivity index (χ0v) is 18.0. The smallest absolute Gasteiger partial charge is 0.318 e. The number of aromatic nitrogens is 4. The maximum atomic E-state index is 11.8. The number of morpholine rings is 1. The summed E-state index contributed by atoms with van der Waals surface area (Å²) in [5.41, 5.74) is 2.47. The molecule has 166 valence electrons. The molecule has 2 N–H and O–H groups in total. The van der Waals surface area contributed by atoms with Gasteiger partial charge in [0, 0.05) is 37.9 Å². The van der Waals surface area contributed by atoms with Crippen molar-refractivity contribution in [2.75, 3.05) is 30.4 Å². The van der Waals surface area contributed by atoms with Crippen LogP contribution in [-0.4, -0.2) is 64.4 Å². The molecule has 32 heavy (non-hydrogen) atoms. The van der Waals surface area contributed by atoms with Crippen LogP contribution in [0.3, 0.4) is 0 Å². The lowest BCUT2D eigenvalue weighted by Crippen LogP contribution is -2.43. The SMILES string of the molecule is CCn1nc(C=O)c2c(N3CC4CCC(C3)O4)nc(-c3ccc(NC(=O)NC)cc3)nc21. The van der Waals surface area contributed by atoms with E-state index in [1.807, 2.05) is 19.1 Å². The molecule has 0 radical (unpaired) electrons. The minimum atomic E-state index is -0.284. The third-order valence-corrected chi connectivity index (χ3v) is 5.98. The van der Waals surface area contributed by atoms with Gasteiger partial charge in [-0.05, 0) is 44.0 Å². The molecule has 2 amide bonds. The van der Waals surface area contributed by atoms with Gasteiger partial charge in [0.2, 0.25) is 0 Å². The van der Waals surface area contributed by atoms with Gasteiger partial charge in [-0.1, -0.05) is 0 Å². The summed E-state index contributed by atoms with van der Waals surface area (Å²) in [5.74, 6) is 1.27. The van der Waals surface area contributed by atoms with Crippen LogP contribution in [-0.2, 0) is 11.3 Å². The quantitative estimate of drug-likeness (QED) is 0.592. The van der Waals surface area contributed by atoms with Crippen molar-refractivity contribution < 1.29 is 14.3 Å². The molecule has 1 aromatic carbocycles. The standard InChI is InChI=1S/C22H25N7O3/c1-3-29-21-18(17(12-30)27-29)20(28-10-15-8-9-16(11-28)32-15)25-19(26-21)13-4-6-14(7-5-13)24-22(31)23-2/h4-7,12,15-16H,3,8-11H2,1-2H3,(H2,23,24,31). The van der Waals surface area contributed by atoms with Crippen molar-refractivity contribution in [3.05, 3.63) is 30.0 Å². The number of hydrogen-bond donors (Lipinski definition) is 2. The monoisotopic (exact) mass is 435 g/mol. The Labute approximate surface area is 185 Å². The van der Waals surface area contributed by atoms with E-state index in [4.69, 9.17) is 14.7 Å². The Morgan fingerprint density at radius 3 is 2.53 bits per heavy atom. The van der Waals surface area contributed by atoms with E-state index < -0.39 is 0 Å². The highest BCUT2D eigenvalue weighted by Crippen LogP contribution is 2.35. The van der Waals surface area contributed by atoms with Gasteiger partial charge in [0.25, 0.3) is 0 Å². The van der Waals surface area contributed by atoms with Gasteiger partial charge in [0.05, 0.1) is 17.6 Å². The van der Waals surface area contributed by atoms with E-state index in [1.54, 1.807) is 23.9 Å². The summed E-state index contributed by atoms with van der Waals surface area (Å²) in [6, 6.07) is 7.06. The molecule has 2 unspecified atom stereocenters. The van der Waals surface area contributed by atoms with Crippen LogP contribution in [0.25, 0.3) is 22.4 Å². The first-order chi connectivity index (χ1) is 15.6. The number of nitrogens with one attached hydrogen (secondary N) is 2. The number of rotatable bonds is 5. The Bertz CT molecular complexity index is 1160. The summed E-state index contributed by atoms with van der Waals surface area (Å²) < 4.78 is 7.74. The van der Waals surface area contributed by atoms with Crippen molar-refractivity contribution in [1.29, 1.82) is 0 Å². The van der Waals surface area contributed by atoms with E-state index in [-0.39, 0.29) is 18.2 Å². The highest BCUT2D eigenvalue weighted by atomic mass is 16.5. The van der Waals surface area contributed by atoms with Crippen LogP contribution >= 0.6 is 0 Å². The highest BCUT2D eigenvalue weighted by molar-refractivity contribution is 6.01. The van der Waals surface area contributed by atoms with Gasteiger partial charge >= 0.3 is 6.03 Å². The summed E-state index contributed by atoms with van der Waals surface area (Å²) >= 11 is 0. The maximum absolute atomic E-state index is 11.8. The van der Waals surface area contributed by atoms with Gasteiger partial charge < -0.3 is 20.3 Å². The zero-order valence-electron chi connectivity index (χ0n) is 18.0. The molecule has 2 aromatic heterocycles. The third kappa shape index (κ3) is 3.56. The van der Waals surface area contributed by atoms with Crippen molar-refractivity contribution in [1.82, 2.24) is 25.1 Å². The number of benzene rings is 1. The molecule has 0 aliphatic carbocycles. The predicted octanol–water partition coefficient (Wildman–Crippen LogP) is 2.44. The van der Waals surface area contributed by atoms with Crippen LogP contribution < -0.4 is 15.5 Å². The first-order valence-electron chi connectivity index (χ1n) is 10.8. The van der Waals surface area contributed by atoms with E-state index in [1.165, 1.54) is 0 Å². The molecule has 4 heterocycles. The van der Waals surface area contributed by atoms with Crippen LogP contribution in [0.2, 0.25) is 0 Å². The van der Waals surface area contributed by atoms with Gasteiger partial charge in [0.15, 0.2) is 17.8 Å². The van der Waals surface area contributed by atoms with Crippen molar-refractivity contribution in [3.8, 4) is 11.4 Å². The molecule has 0 saturated carbocycles. The summed E-state index contributed by atoms with van der Waals surface area (Å²) in [7, 11) is 1.57. The minimum absolute atomic E-state index is 0.179. The fourth-order valence-corrected chi connectivity index (χ4v) is 4.43. The van der Waals surface area contributed by atoms with Crippen molar-refractivity contribution in [2.24, 2.45) is 0 Å². The first kappa shape index (κ1) is 20.4. The van der Waals surface area contributed by atoms with E-state index in [0.29, 0.717) is 34.8 Å². The molecule has 3 aromatic rings. The van der Waals surface area contributed by atoms with Crippen LogP contribution in [0.4, 0.5) is 16.3 Å². The molecule has 2 fully saturated rings. The number of ether oxygens (including phenoxy) is 1. The highest BCUT2D eigenvalue weighted by Gasteiger charge is 2.36. The first-order valence-corrected chi connectivity index (χ1v) is 10.8. The molecule has 2 aliphatic heterocycles. The van der Waals surface area contributed by atoms with E-state index in [9.17, 15) is 9.59 Å². The van der Waals surface area contributed by atoms with E-state index in [0.717, 1.165) is 43.6 Å². The average molecular weight is 435 g/mol. The van der Waals surface area contributed by atoms with Gasteiger partial charge in [0.1, 0.15) is 11.5 Å². The van der Waals surface area contributed by atoms with Crippen LogP contribution in [0.1, 0.15) is 30.3 Å². The van der Waals surface area contributed by atoms with E-state index in [2.05, 4.69) is 20.6 Å². The number of urea groups is 1. The number of aldehydes is 1. The number of anilines is 2. The second kappa shape index (κ2) is 8.19. The van der Waals surface area contributed by atoms with Gasteiger partial charge in [-0.15, -0.1) is 0 Å². The van der Waals surface area contributed by atoms with Gasteiger partial charge in [-0.25, -0.2) is 19.4 Å². The molecule has 2 aliphatic rings. The Hall–Kier alpha value is -3.53. The maximum Gasteiger partial charge on any atom is 0.318 e. The molecular formula is C22H25N7O3. The summed E-state index contributed by atoms with van der Waals surface area (Å²) in [6.07, 6.45) is 3.21. The van der Waals surface area contributed by atoms with Crippen molar-refractivity contribution in [2.45, 2.75) is 38.5 Å². The molecule has 10 heteroatoms. The fourth-order valence-electron chi connectivity index (χ4n) is 4.43. The number of aryl methyl sites for hydroxylation is 1. The Morgan fingerprint density at radius 2 is 1.91 bits per heavy atom. The summed E-state index contributed by atoms with van der Waals surface area (Å²) in [5, 5.41) is 10.4.